The van der Waals surface area contributed by atoms with Gasteiger partial charge in [-0.1, -0.05) is 11.8 Å². The Bertz CT molecular complexity index is 506. The Kier molecular flexibility index (Phi) is 7.33. The first-order valence-corrected chi connectivity index (χ1v) is 6.40. The van der Waals surface area contributed by atoms with Crippen molar-refractivity contribution in [1.82, 2.24) is 5.32 Å². The first-order valence-electron chi connectivity index (χ1n) is 6.40. The first-order chi connectivity index (χ1) is 9.67. The summed E-state index contributed by atoms with van der Waals surface area (Å²) in [5, 5.41) is 11.2. The van der Waals surface area contributed by atoms with Crippen LogP contribution in [-0.4, -0.2) is 30.8 Å². The van der Waals surface area contributed by atoms with Gasteiger partial charge in [-0.05, 0) is 25.1 Å². The fourth-order valence-corrected chi connectivity index (χ4v) is 1.52. The van der Waals surface area contributed by atoms with Crippen molar-refractivity contribution in [2.45, 2.75) is 19.9 Å². The van der Waals surface area contributed by atoms with Gasteiger partial charge in [-0.2, -0.15) is 0 Å². The van der Waals surface area contributed by atoms with Crippen LogP contribution in [0.3, 0.4) is 0 Å². The molecule has 0 saturated heterocycles. The van der Waals surface area contributed by atoms with Gasteiger partial charge in [0.1, 0.15) is 12.4 Å². The standard InChI is InChI=1S/C15H18FNO3/c1-2-20-9-7-15(19)17-11-13-10-12(4-3-8-18)5-6-14(13)16/h5-6,10,18H,2,7-9,11H2,1H3,(H,17,19). The summed E-state index contributed by atoms with van der Waals surface area (Å²) in [5.74, 6) is 4.59. The van der Waals surface area contributed by atoms with Crippen LogP contribution in [0.5, 0.6) is 0 Å². The Morgan fingerprint density at radius 1 is 1.50 bits per heavy atom. The molecule has 0 heterocycles. The first kappa shape index (κ1) is 16.2. The Balaban J connectivity index is 2.56. The lowest BCUT2D eigenvalue weighted by Gasteiger charge is -2.07. The van der Waals surface area contributed by atoms with Crippen LogP contribution >= 0.6 is 0 Å². The minimum absolute atomic E-state index is 0.103. The third-order valence-electron chi connectivity index (χ3n) is 2.51. The second kappa shape index (κ2) is 9.08. The van der Waals surface area contributed by atoms with E-state index < -0.39 is 5.82 Å². The molecular weight excluding hydrogens is 261 g/mol. The van der Waals surface area contributed by atoms with Crippen LogP contribution in [0.2, 0.25) is 0 Å². The van der Waals surface area contributed by atoms with E-state index in [2.05, 4.69) is 17.2 Å². The van der Waals surface area contributed by atoms with Gasteiger partial charge in [-0.3, -0.25) is 4.79 Å². The Hall–Kier alpha value is -1.90. The van der Waals surface area contributed by atoms with Crippen molar-refractivity contribution in [2.24, 2.45) is 0 Å². The molecule has 1 aromatic carbocycles. The zero-order valence-electron chi connectivity index (χ0n) is 11.4. The van der Waals surface area contributed by atoms with Crippen LogP contribution < -0.4 is 5.32 Å². The number of benzene rings is 1. The van der Waals surface area contributed by atoms with Gasteiger partial charge in [0.15, 0.2) is 0 Å². The molecular formula is C15H18FNO3. The van der Waals surface area contributed by atoms with Gasteiger partial charge in [0.05, 0.1) is 6.61 Å². The Morgan fingerprint density at radius 3 is 3.00 bits per heavy atom. The summed E-state index contributed by atoms with van der Waals surface area (Å²) in [6.45, 7) is 2.62. The van der Waals surface area contributed by atoms with Gasteiger partial charge in [-0.15, -0.1) is 0 Å². The highest BCUT2D eigenvalue weighted by atomic mass is 19.1. The molecule has 1 rings (SSSR count). The molecule has 0 fully saturated rings. The number of carbonyl (C=O) groups is 1. The van der Waals surface area contributed by atoms with Gasteiger partial charge >= 0.3 is 0 Å². The topological polar surface area (TPSA) is 58.6 Å². The summed E-state index contributed by atoms with van der Waals surface area (Å²) >= 11 is 0. The SMILES string of the molecule is CCOCCC(=O)NCc1cc(C#CCO)ccc1F. The molecule has 0 aliphatic heterocycles. The third-order valence-corrected chi connectivity index (χ3v) is 2.51. The molecule has 0 bridgehead atoms. The second-order valence-electron chi connectivity index (χ2n) is 3.99. The largest absolute Gasteiger partial charge is 0.384 e. The third kappa shape index (κ3) is 5.83. The quantitative estimate of drug-likeness (QED) is 0.608. The molecule has 108 valence electrons. The summed E-state index contributed by atoms with van der Waals surface area (Å²) < 4.78 is 18.6. The zero-order valence-corrected chi connectivity index (χ0v) is 11.4. The van der Waals surface area contributed by atoms with Crippen LogP contribution in [-0.2, 0) is 16.1 Å². The van der Waals surface area contributed by atoms with Gasteiger partial charge in [0, 0.05) is 30.7 Å². The molecule has 2 N–H and O–H groups in total. The lowest BCUT2D eigenvalue weighted by atomic mass is 10.1. The summed E-state index contributed by atoms with van der Waals surface area (Å²) in [7, 11) is 0. The summed E-state index contributed by atoms with van der Waals surface area (Å²) in [5.41, 5.74) is 0.957. The van der Waals surface area contributed by atoms with E-state index in [1.165, 1.54) is 12.1 Å². The highest BCUT2D eigenvalue weighted by Crippen LogP contribution is 2.10. The summed E-state index contributed by atoms with van der Waals surface area (Å²) in [6, 6.07) is 4.38. The number of amides is 1. The number of hydrogen-bond acceptors (Lipinski definition) is 3. The van der Waals surface area contributed by atoms with Crippen molar-refractivity contribution in [1.29, 1.82) is 0 Å². The van der Waals surface area contributed by atoms with Crippen LogP contribution in [0.25, 0.3) is 0 Å². The predicted molar refractivity (Wildman–Crippen MR) is 73.3 cm³/mol. The molecule has 20 heavy (non-hydrogen) atoms. The van der Waals surface area contributed by atoms with Crippen molar-refractivity contribution in [3.8, 4) is 11.8 Å². The maximum absolute atomic E-state index is 13.6. The second-order valence-corrected chi connectivity index (χ2v) is 3.99. The van der Waals surface area contributed by atoms with E-state index in [1.54, 1.807) is 6.07 Å². The van der Waals surface area contributed by atoms with E-state index in [-0.39, 0.29) is 25.5 Å². The highest BCUT2D eigenvalue weighted by Gasteiger charge is 2.06. The lowest BCUT2D eigenvalue weighted by molar-refractivity contribution is -0.122. The molecule has 0 saturated carbocycles. The average molecular weight is 279 g/mol. The van der Waals surface area contributed by atoms with Crippen LogP contribution in [0.4, 0.5) is 4.39 Å². The Labute approximate surface area is 117 Å². The molecule has 1 amide bonds. The van der Waals surface area contributed by atoms with Crippen molar-refractivity contribution in [3.05, 3.63) is 35.1 Å². The number of aliphatic hydroxyl groups is 1. The number of rotatable bonds is 6. The molecule has 0 spiro atoms. The molecule has 1 aromatic rings. The summed E-state index contributed by atoms with van der Waals surface area (Å²) in [4.78, 5) is 11.5. The van der Waals surface area contributed by atoms with Gasteiger partial charge in [-0.25, -0.2) is 4.39 Å². The molecule has 4 nitrogen and oxygen atoms in total. The minimum atomic E-state index is -0.398. The number of nitrogens with one attached hydrogen (secondary N) is 1. The smallest absolute Gasteiger partial charge is 0.222 e. The number of aliphatic hydroxyl groups excluding tert-OH is 1. The normalized spacial score (nSPS) is 9.75. The molecule has 0 atom stereocenters. The fourth-order valence-electron chi connectivity index (χ4n) is 1.52. The maximum atomic E-state index is 13.6. The predicted octanol–water partition coefficient (Wildman–Crippen LogP) is 1.21. The maximum Gasteiger partial charge on any atom is 0.222 e. The van der Waals surface area contributed by atoms with Crippen molar-refractivity contribution < 1.29 is 19.0 Å². The fraction of sp³-hybridized carbons (Fsp3) is 0.400. The molecule has 0 aliphatic rings. The van der Waals surface area contributed by atoms with E-state index in [9.17, 15) is 9.18 Å². The average Bonchev–Trinajstić information content (AvgIpc) is 2.45. The van der Waals surface area contributed by atoms with E-state index in [1.807, 2.05) is 6.92 Å². The van der Waals surface area contributed by atoms with Crippen molar-refractivity contribution in [3.63, 3.8) is 0 Å². The Morgan fingerprint density at radius 2 is 2.30 bits per heavy atom. The van der Waals surface area contributed by atoms with E-state index >= 15 is 0 Å². The van der Waals surface area contributed by atoms with E-state index in [0.29, 0.717) is 24.3 Å². The monoisotopic (exact) mass is 279 g/mol. The molecule has 0 aromatic heterocycles. The molecule has 0 radical (unpaired) electrons. The van der Waals surface area contributed by atoms with Gasteiger partial charge < -0.3 is 15.2 Å². The minimum Gasteiger partial charge on any atom is -0.384 e. The molecule has 5 heteroatoms. The number of carbonyl (C=O) groups excluding carboxylic acids is 1. The van der Waals surface area contributed by atoms with E-state index in [0.717, 1.165) is 0 Å². The number of halogens is 1. The van der Waals surface area contributed by atoms with Gasteiger partial charge in [0.25, 0.3) is 0 Å². The van der Waals surface area contributed by atoms with Crippen LogP contribution in [0, 0.1) is 17.7 Å². The molecule has 0 aliphatic carbocycles. The van der Waals surface area contributed by atoms with Gasteiger partial charge in [0.2, 0.25) is 5.91 Å². The van der Waals surface area contributed by atoms with Crippen molar-refractivity contribution >= 4 is 5.91 Å². The zero-order chi connectivity index (χ0) is 14.8. The highest BCUT2D eigenvalue weighted by molar-refractivity contribution is 5.75. The number of hydrogen-bond donors (Lipinski definition) is 2. The van der Waals surface area contributed by atoms with Crippen LogP contribution in [0.15, 0.2) is 18.2 Å². The number of ether oxygens (including phenoxy) is 1. The van der Waals surface area contributed by atoms with Crippen molar-refractivity contribution in [2.75, 3.05) is 19.8 Å². The van der Waals surface area contributed by atoms with E-state index in [4.69, 9.17) is 9.84 Å². The van der Waals surface area contributed by atoms with Crippen LogP contribution in [0.1, 0.15) is 24.5 Å². The summed E-state index contributed by atoms with van der Waals surface area (Å²) in [6.07, 6.45) is 0.249. The lowest BCUT2D eigenvalue weighted by Crippen LogP contribution is -2.24. The molecule has 0 unspecified atom stereocenters.